The van der Waals surface area contributed by atoms with Crippen LogP contribution in [0.4, 0.5) is 0 Å². The van der Waals surface area contributed by atoms with E-state index in [0.717, 1.165) is 18.7 Å². The number of halogens is 1. The Morgan fingerprint density at radius 3 is 3.00 bits per heavy atom. The van der Waals surface area contributed by atoms with Gasteiger partial charge in [-0.1, -0.05) is 12.1 Å². The first-order valence-electron chi connectivity index (χ1n) is 4.26. The van der Waals surface area contributed by atoms with Crippen LogP contribution in [0.2, 0.25) is 0 Å². The number of methoxy groups -OCH3 is 1. The molecule has 0 aliphatic heterocycles. The molecule has 0 fully saturated rings. The molecule has 0 radical (unpaired) electrons. The molecule has 0 amide bonds. The molecule has 3 heteroatoms. The zero-order valence-electron chi connectivity index (χ0n) is 7.72. The van der Waals surface area contributed by atoms with Crippen LogP contribution < -0.4 is 10.1 Å². The van der Waals surface area contributed by atoms with Crippen LogP contribution in [0, 0.1) is 0 Å². The topological polar surface area (TPSA) is 21.3 Å². The summed E-state index contributed by atoms with van der Waals surface area (Å²) in [6.07, 6.45) is 0.976. The maximum absolute atomic E-state index is 5.49. The van der Waals surface area contributed by atoms with Crippen LogP contribution in [0.25, 0.3) is 0 Å². The summed E-state index contributed by atoms with van der Waals surface area (Å²) in [6, 6.07) is 8.56. The van der Waals surface area contributed by atoms with Gasteiger partial charge in [-0.05, 0) is 24.1 Å². The van der Waals surface area contributed by atoms with E-state index >= 15 is 0 Å². The summed E-state index contributed by atoms with van der Waals surface area (Å²) >= 11 is 5.49. The maximum Gasteiger partial charge on any atom is 0.119 e. The molecule has 1 rings (SSSR count). The minimum Gasteiger partial charge on any atom is -0.497 e. The number of ether oxygens (including phenoxy) is 1. The zero-order valence-corrected chi connectivity index (χ0v) is 8.47. The fourth-order valence-electron chi connectivity index (χ4n) is 1.13. The minimum absolute atomic E-state index is 0.504. The van der Waals surface area contributed by atoms with Crippen LogP contribution in [0.1, 0.15) is 5.56 Å². The molecule has 0 aliphatic carbocycles. The van der Waals surface area contributed by atoms with Gasteiger partial charge in [-0.2, -0.15) is 0 Å². The molecule has 0 spiro atoms. The number of benzene rings is 1. The zero-order chi connectivity index (χ0) is 9.52. The van der Waals surface area contributed by atoms with Crippen LogP contribution in [0.3, 0.4) is 0 Å². The molecule has 1 N–H and O–H groups in total. The summed E-state index contributed by atoms with van der Waals surface area (Å²) < 4.78 is 5.11. The number of hydrogen-bond donors (Lipinski definition) is 1. The Morgan fingerprint density at radius 1 is 1.46 bits per heavy atom. The van der Waals surface area contributed by atoms with E-state index in [2.05, 4.69) is 11.4 Å². The lowest BCUT2D eigenvalue weighted by Gasteiger charge is -2.04. The quantitative estimate of drug-likeness (QED) is 0.445. The smallest absolute Gasteiger partial charge is 0.119 e. The molecule has 0 atom stereocenters. The van der Waals surface area contributed by atoms with E-state index in [-0.39, 0.29) is 0 Å². The molecular weight excluding hydrogens is 186 g/mol. The SMILES string of the molecule is COc1cccc(CCNCCl)c1. The van der Waals surface area contributed by atoms with Gasteiger partial charge in [0.25, 0.3) is 0 Å². The molecule has 0 saturated heterocycles. The lowest BCUT2D eigenvalue weighted by atomic mass is 10.1. The summed E-state index contributed by atoms with van der Waals surface area (Å²) in [6.45, 7) is 0.899. The molecule has 0 aromatic heterocycles. The van der Waals surface area contributed by atoms with Crippen molar-refractivity contribution in [1.82, 2.24) is 5.32 Å². The molecule has 0 heterocycles. The van der Waals surface area contributed by atoms with Gasteiger partial charge in [0.05, 0.1) is 13.1 Å². The summed E-state index contributed by atoms with van der Waals surface area (Å²) in [5, 5.41) is 3.06. The predicted octanol–water partition coefficient (Wildman–Crippen LogP) is 2.02. The molecule has 72 valence electrons. The summed E-state index contributed by atoms with van der Waals surface area (Å²) in [5.41, 5.74) is 1.26. The highest BCUT2D eigenvalue weighted by Crippen LogP contribution is 2.12. The van der Waals surface area contributed by atoms with Crippen molar-refractivity contribution in [2.45, 2.75) is 6.42 Å². The van der Waals surface area contributed by atoms with Gasteiger partial charge in [-0.15, -0.1) is 11.6 Å². The Morgan fingerprint density at radius 2 is 2.31 bits per heavy atom. The van der Waals surface area contributed by atoms with Gasteiger partial charge < -0.3 is 10.1 Å². The third kappa shape index (κ3) is 3.66. The van der Waals surface area contributed by atoms with Crippen molar-refractivity contribution in [2.24, 2.45) is 0 Å². The first-order valence-corrected chi connectivity index (χ1v) is 4.80. The van der Waals surface area contributed by atoms with Crippen molar-refractivity contribution in [2.75, 3.05) is 19.7 Å². The Labute approximate surface area is 83.9 Å². The number of hydrogen-bond acceptors (Lipinski definition) is 2. The average molecular weight is 200 g/mol. The first kappa shape index (κ1) is 10.4. The highest BCUT2D eigenvalue weighted by molar-refractivity contribution is 6.17. The maximum atomic E-state index is 5.49. The third-order valence-corrected chi connectivity index (χ3v) is 2.01. The average Bonchev–Trinajstić information content (AvgIpc) is 2.19. The van der Waals surface area contributed by atoms with Gasteiger partial charge in [0, 0.05) is 6.54 Å². The highest BCUT2D eigenvalue weighted by Gasteiger charge is 1.94. The third-order valence-electron chi connectivity index (χ3n) is 1.82. The van der Waals surface area contributed by atoms with Crippen LogP contribution in [-0.4, -0.2) is 19.7 Å². The van der Waals surface area contributed by atoms with Gasteiger partial charge >= 0.3 is 0 Å². The molecule has 0 bridgehead atoms. The van der Waals surface area contributed by atoms with Crippen LogP contribution >= 0.6 is 11.6 Å². The highest BCUT2D eigenvalue weighted by atomic mass is 35.5. The second kappa shape index (κ2) is 5.84. The Balaban J connectivity index is 2.46. The second-order valence-corrected chi connectivity index (χ2v) is 3.00. The summed E-state index contributed by atoms with van der Waals surface area (Å²) in [5.74, 6) is 0.906. The normalized spacial score (nSPS) is 10.0. The van der Waals surface area contributed by atoms with E-state index in [1.54, 1.807) is 7.11 Å². The molecule has 1 aromatic carbocycles. The van der Waals surface area contributed by atoms with E-state index in [4.69, 9.17) is 16.3 Å². The Kier molecular flexibility index (Phi) is 4.65. The Bertz CT molecular complexity index is 252. The van der Waals surface area contributed by atoms with Crippen LogP contribution in [-0.2, 0) is 6.42 Å². The fourth-order valence-corrected chi connectivity index (χ4v) is 1.26. The van der Waals surface area contributed by atoms with Gasteiger partial charge in [-0.3, -0.25) is 0 Å². The van der Waals surface area contributed by atoms with Gasteiger partial charge in [-0.25, -0.2) is 0 Å². The van der Waals surface area contributed by atoms with Crippen molar-refractivity contribution in [3.05, 3.63) is 29.8 Å². The van der Waals surface area contributed by atoms with Gasteiger partial charge in [0.1, 0.15) is 5.75 Å². The molecule has 1 aromatic rings. The fraction of sp³-hybridized carbons (Fsp3) is 0.400. The van der Waals surface area contributed by atoms with Crippen molar-refractivity contribution < 1.29 is 4.74 Å². The molecular formula is C10H14ClNO. The van der Waals surface area contributed by atoms with Crippen LogP contribution in [0.15, 0.2) is 24.3 Å². The lowest BCUT2D eigenvalue weighted by Crippen LogP contribution is -2.14. The van der Waals surface area contributed by atoms with E-state index < -0.39 is 0 Å². The summed E-state index contributed by atoms with van der Waals surface area (Å²) in [4.78, 5) is 0. The lowest BCUT2D eigenvalue weighted by molar-refractivity contribution is 0.414. The van der Waals surface area contributed by atoms with E-state index in [1.807, 2.05) is 18.2 Å². The van der Waals surface area contributed by atoms with Crippen molar-refractivity contribution >= 4 is 11.6 Å². The van der Waals surface area contributed by atoms with Gasteiger partial charge in [0.15, 0.2) is 0 Å². The first-order chi connectivity index (χ1) is 6.36. The number of alkyl halides is 1. The standard InChI is InChI=1S/C10H14ClNO/c1-13-10-4-2-3-9(7-10)5-6-12-8-11/h2-4,7,12H,5-6,8H2,1H3. The monoisotopic (exact) mass is 199 g/mol. The Hall–Kier alpha value is -0.730. The minimum atomic E-state index is 0.504. The van der Waals surface area contributed by atoms with E-state index in [0.29, 0.717) is 6.00 Å². The molecule has 0 saturated carbocycles. The summed E-state index contributed by atoms with van der Waals surface area (Å²) in [7, 11) is 1.68. The van der Waals surface area contributed by atoms with Crippen molar-refractivity contribution in [1.29, 1.82) is 0 Å². The molecule has 0 aliphatic rings. The molecule has 13 heavy (non-hydrogen) atoms. The van der Waals surface area contributed by atoms with Crippen molar-refractivity contribution in [3.8, 4) is 5.75 Å². The van der Waals surface area contributed by atoms with Crippen molar-refractivity contribution in [3.63, 3.8) is 0 Å². The number of rotatable bonds is 5. The van der Waals surface area contributed by atoms with Crippen LogP contribution in [0.5, 0.6) is 5.75 Å². The predicted molar refractivity (Wildman–Crippen MR) is 55.4 cm³/mol. The van der Waals surface area contributed by atoms with Gasteiger partial charge in [0.2, 0.25) is 0 Å². The van der Waals surface area contributed by atoms with E-state index in [9.17, 15) is 0 Å². The largest absolute Gasteiger partial charge is 0.497 e. The molecule has 0 unspecified atom stereocenters. The van der Waals surface area contributed by atoms with E-state index in [1.165, 1.54) is 5.56 Å². The molecule has 2 nitrogen and oxygen atoms in total. The second-order valence-electron chi connectivity index (χ2n) is 2.74. The number of nitrogens with one attached hydrogen (secondary N) is 1.